The van der Waals surface area contributed by atoms with Crippen LogP contribution in [0.25, 0.3) is 17.2 Å². The first-order chi connectivity index (χ1) is 10.1. The number of hydrogen-bond acceptors (Lipinski definition) is 7. The number of nitrogens with two attached hydrogens (primary N) is 1. The molecular formula is C13H17N7O. The van der Waals surface area contributed by atoms with Gasteiger partial charge in [-0.25, -0.2) is 0 Å². The number of aliphatic hydroxyl groups excluding tert-OH is 1. The van der Waals surface area contributed by atoms with Gasteiger partial charge in [-0.1, -0.05) is 30.3 Å². The molecule has 2 aromatic heterocycles. The third kappa shape index (κ3) is 2.90. The minimum absolute atomic E-state index is 0.184. The van der Waals surface area contributed by atoms with Gasteiger partial charge in [-0.3, -0.25) is 0 Å². The van der Waals surface area contributed by atoms with Crippen molar-refractivity contribution in [2.45, 2.75) is 0 Å². The fourth-order valence-corrected chi connectivity index (χ4v) is 1.79. The van der Waals surface area contributed by atoms with Crippen molar-refractivity contribution in [1.29, 1.82) is 0 Å². The number of aliphatic hydroxyl groups is 1. The predicted molar refractivity (Wildman–Crippen MR) is 80.9 cm³/mol. The molecule has 0 radical (unpaired) electrons. The number of nitrogen functional groups attached to an aromatic ring is 1. The van der Waals surface area contributed by atoms with Crippen LogP contribution in [0.1, 0.15) is 0 Å². The van der Waals surface area contributed by atoms with Crippen molar-refractivity contribution in [3.8, 4) is 11.4 Å². The number of rotatable bonds is 2. The van der Waals surface area contributed by atoms with Crippen LogP contribution in [0.3, 0.4) is 0 Å². The van der Waals surface area contributed by atoms with Crippen LogP contribution in [0, 0.1) is 0 Å². The Morgan fingerprint density at radius 3 is 2.33 bits per heavy atom. The Kier molecular flexibility index (Phi) is 4.29. The molecule has 0 bridgehead atoms. The highest BCUT2D eigenvalue weighted by Crippen LogP contribution is 2.18. The van der Waals surface area contributed by atoms with Crippen molar-refractivity contribution in [2.24, 2.45) is 0 Å². The van der Waals surface area contributed by atoms with Crippen molar-refractivity contribution in [2.75, 3.05) is 31.8 Å². The summed E-state index contributed by atoms with van der Waals surface area (Å²) in [6, 6.07) is 9.71. The van der Waals surface area contributed by atoms with Gasteiger partial charge in [0.1, 0.15) is 0 Å². The smallest absolute Gasteiger partial charge is 0.259 e. The molecule has 2 heterocycles. The number of anilines is 2. The lowest BCUT2D eigenvalue weighted by atomic mass is 10.2. The van der Waals surface area contributed by atoms with Crippen LogP contribution in [0.15, 0.2) is 30.3 Å². The van der Waals surface area contributed by atoms with E-state index in [9.17, 15) is 0 Å². The average Bonchev–Trinajstić information content (AvgIpc) is 2.93. The molecule has 3 N–H and O–H groups in total. The Bertz CT molecular complexity index is 724. The predicted octanol–water partition coefficient (Wildman–Crippen LogP) is 0.443. The molecule has 8 nitrogen and oxygen atoms in total. The molecule has 3 rings (SSSR count). The zero-order valence-electron chi connectivity index (χ0n) is 12.1. The van der Waals surface area contributed by atoms with Gasteiger partial charge in [-0.2, -0.15) is 19.5 Å². The Morgan fingerprint density at radius 2 is 1.71 bits per heavy atom. The van der Waals surface area contributed by atoms with Gasteiger partial charge in [-0.15, -0.1) is 5.10 Å². The van der Waals surface area contributed by atoms with E-state index < -0.39 is 0 Å². The van der Waals surface area contributed by atoms with E-state index in [4.69, 9.17) is 10.8 Å². The lowest BCUT2D eigenvalue weighted by Gasteiger charge is -2.11. The number of nitrogens with zero attached hydrogens (tertiary/aromatic N) is 6. The van der Waals surface area contributed by atoms with Crippen molar-refractivity contribution in [3.05, 3.63) is 30.3 Å². The van der Waals surface area contributed by atoms with Gasteiger partial charge in [0, 0.05) is 26.8 Å². The standard InChI is InChI=1S/C12H13N7.CH4O/c1-18(2)12-16-10(13)15-11-14-9(17-19(11)12)8-6-4-3-5-7-8;1-2/h3-7H,1-2H3,(H2,13,14,15,17);2H,1H3. The highest BCUT2D eigenvalue weighted by molar-refractivity contribution is 5.58. The second-order valence-corrected chi connectivity index (χ2v) is 4.29. The lowest BCUT2D eigenvalue weighted by molar-refractivity contribution is 0.399. The second-order valence-electron chi connectivity index (χ2n) is 4.29. The molecule has 0 unspecified atom stereocenters. The average molecular weight is 287 g/mol. The summed E-state index contributed by atoms with van der Waals surface area (Å²) in [6.07, 6.45) is 0. The van der Waals surface area contributed by atoms with Crippen molar-refractivity contribution in [3.63, 3.8) is 0 Å². The minimum atomic E-state index is 0.184. The zero-order chi connectivity index (χ0) is 15.4. The molecule has 0 atom stereocenters. The molecule has 0 aliphatic carbocycles. The van der Waals surface area contributed by atoms with Crippen LogP contribution >= 0.6 is 0 Å². The molecule has 0 aliphatic heterocycles. The van der Waals surface area contributed by atoms with Gasteiger partial charge in [0.05, 0.1) is 0 Å². The van der Waals surface area contributed by atoms with Crippen molar-refractivity contribution >= 4 is 17.7 Å². The fourth-order valence-electron chi connectivity index (χ4n) is 1.79. The van der Waals surface area contributed by atoms with E-state index in [0.717, 1.165) is 12.7 Å². The van der Waals surface area contributed by atoms with E-state index in [1.165, 1.54) is 0 Å². The molecule has 21 heavy (non-hydrogen) atoms. The molecule has 8 heteroatoms. The minimum Gasteiger partial charge on any atom is -0.400 e. The van der Waals surface area contributed by atoms with Crippen molar-refractivity contribution in [1.82, 2.24) is 24.6 Å². The summed E-state index contributed by atoms with van der Waals surface area (Å²) < 4.78 is 1.58. The van der Waals surface area contributed by atoms with Gasteiger partial charge in [-0.05, 0) is 0 Å². The van der Waals surface area contributed by atoms with E-state index in [0.29, 0.717) is 17.6 Å². The number of fused-ring (bicyclic) bond motifs is 1. The summed E-state index contributed by atoms with van der Waals surface area (Å²) in [5, 5.41) is 11.4. The summed E-state index contributed by atoms with van der Waals surface area (Å²) in [6.45, 7) is 0. The normalized spacial score (nSPS) is 10.1. The molecule has 3 aromatic rings. The first kappa shape index (κ1) is 14.7. The highest BCUT2D eigenvalue weighted by atomic mass is 16.2. The van der Waals surface area contributed by atoms with Gasteiger partial charge in [0.25, 0.3) is 5.78 Å². The Balaban J connectivity index is 0.000000774. The molecule has 0 aliphatic rings. The third-order valence-corrected chi connectivity index (χ3v) is 2.64. The second kappa shape index (κ2) is 6.14. The van der Waals surface area contributed by atoms with E-state index in [1.54, 1.807) is 4.52 Å². The third-order valence-electron chi connectivity index (χ3n) is 2.64. The maximum absolute atomic E-state index is 7.00. The highest BCUT2D eigenvalue weighted by Gasteiger charge is 2.13. The molecule has 0 saturated carbocycles. The topological polar surface area (TPSA) is 105 Å². The van der Waals surface area contributed by atoms with E-state index >= 15 is 0 Å². The molecule has 0 saturated heterocycles. The molecule has 0 spiro atoms. The number of aromatic nitrogens is 5. The molecule has 0 amide bonds. The van der Waals surface area contributed by atoms with Gasteiger partial charge in [0.15, 0.2) is 5.82 Å². The number of benzene rings is 1. The van der Waals surface area contributed by atoms with E-state index in [2.05, 4.69) is 20.1 Å². The maximum Gasteiger partial charge on any atom is 0.259 e. The van der Waals surface area contributed by atoms with Crippen LogP contribution < -0.4 is 10.6 Å². The quantitative estimate of drug-likeness (QED) is 0.704. The van der Waals surface area contributed by atoms with E-state index in [-0.39, 0.29) is 5.95 Å². The van der Waals surface area contributed by atoms with Crippen molar-refractivity contribution < 1.29 is 5.11 Å². The summed E-state index contributed by atoms with van der Waals surface area (Å²) in [5.41, 5.74) is 6.61. The van der Waals surface area contributed by atoms with Gasteiger partial charge >= 0.3 is 0 Å². The monoisotopic (exact) mass is 287 g/mol. The van der Waals surface area contributed by atoms with Crippen LogP contribution in [0.5, 0.6) is 0 Å². The first-order valence-electron chi connectivity index (χ1n) is 6.23. The van der Waals surface area contributed by atoms with Crippen LogP contribution in [-0.4, -0.2) is 50.9 Å². The van der Waals surface area contributed by atoms with E-state index in [1.807, 2.05) is 49.3 Å². The Hall–Kier alpha value is -2.74. The summed E-state index contributed by atoms with van der Waals surface area (Å²) in [5.74, 6) is 1.82. The van der Waals surface area contributed by atoms with Gasteiger partial charge < -0.3 is 15.7 Å². The van der Waals surface area contributed by atoms with Crippen LogP contribution in [0.2, 0.25) is 0 Å². The molecule has 1 aromatic carbocycles. The first-order valence-corrected chi connectivity index (χ1v) is 6.23. The SMILES string of the molecule is CN(C)c1nc(N)nc2nc(-c3ccccc3)nn12.CO. The lowest BCUT2D eigenvalue weighted by Crippen LogP contribution is -2.17. The van der Waals surface area contributed by atoms with Gasteiger partial charge in [0.2, 0.25) is 11.9 Å². The Labute approximate surface area is 121 Å². The largest absolute Gasteiger partial charge is 0.400 e. The summed E-state index contributed by atoms with van der Waals surface area (Å²) in [4.78, 5) is 14.5. The molecule has 0 fully saturated rings. The molecular weight excluding hydrogens is 270 g/mol. The Morgan fingerprint density at radius 1 is 1.05 bits per heavy atom. The summed E-state index contributed by atoms with van der Waals surface area (Å²) >= 11 is 0. The number of hydrogen-bond donors (Lipinski definition) is 2. The fraction of sp³-hybridized carbons (Fsp3) is 0.231. The molecule has 110 valence electrons. The summed E-state index contributed by atoms with van der Waals surface area (Å²) in [7, 11) is 4.73. The zero-order valence-corrected chi connectivity index (χ0v) is 12.1. The van der Waals surface area contributed by atoms with Crippen LogP contribution in [-0.2, 0) is 0 Å². The maximum atomic E-state index is 7.00. The van der Waals surface area contributed by atoms with Crippen LogP contribution in [0.4, 0.5) is 11.9 Å².